The second kappa shape index (κ2) is 5.67. The van der Waals surface area contributed by atoms with E-state index in [1.165, 1.54) is 11.2 Å². The predicted octanol–water partition coefficient (Wildman–Crippen LogP) is 1.25. The Morgan fingerprint density at radius 3 is 2.80 bits per heavy atom. The van der Waals surface area contributed by atoms with Crippen LogP contribution in [0.25, 0.3) is 0 Å². The highest BCUT2D eigenvalue weighted by molar-refractivity contribution is 7.89. The number of halogens is 1. The summed E-state index contributed by atoms with van der Waals surface area (Å²) in [6.07, 6.45) is 2.28. The minimum atomic E-state index is -3.77. The van der Waals surface area contributed by atoms with Gasteiger partial charge in [-0.3, -0.25) is 0 Å². The number of hydrogen-bond acceptors (Lipinski definition) is 4. The van der Waals surface area contributed by atoms with Gasteiger partial charge in [-0.05, 0) is 37.5 Å². The number of sulfonamides is 1. The first-order valence-corrected chi connectivity index (χ1v) is 8.00. The number of hydrogen-bond donors (Lipinski definition) is 2. The lowest BCUT2D eigenvalue weighted by Gasteiger charge is -2.33. The highest BCUT2D eigenvalue weighted by Gasteiger charge is 2.34. The SMILES string of the molecule is Cc1cc(F)c(N)cc1S(=O)(=O)N1CCCCC1CO. The van der Waals surface area contributed by atoms with Crippen molar-refractivity contribution in [2.45, 2.75) is 37.1 Å². The van der Waals surface area contributed by atoms with Gasteiger partial charge in [0.25, 0.3) is 0 Å². The third kappa shape index (κ3) is 2.65. The third-order valence-corrected chi connectivity index (χ3v) is 5.76. The van der Waals surface area contributed by atoms with E-state index in [0.29, 0.717) is 18.5 Å². The van der Waals surface area contributed by atoms with E-state index in [1.807, 2.05) is 0 Å². The molecule has 7 heteroatoms. The fraction of sp³-hybridized carbons (Fsp3) is 0.538. The maximum Gasteiger partial charge on any atom is 0.243 e. The number of aliphatic hydroxyl groups excluding tert-OH is 1. The van der Waals surface area contributed by atoms with Gasteiger partial charge in [0.1, 0.15) is 5.82 Å². The molecule has 5 nitrogen and oxygen atoms in total. The van der Waals surface area contributed by atoms with E-state index >= 15 is 0 Å². The van der Waals surface area contributed by atoms with E-state index in [4.69, 9.17) is 5.73 Å². The van der Waals surface area contributed by atoms with Crippen LogP contribution in [0.4, 0.5) is 10.1 Å². The number of aryl methyl sites for hydroxylation is 1. The number of nitrogen functional groups attached to an aromatic ring is 1. The lowest BCUT2D eigenvalue weighted by molar-refractivity contribution is 0.155. The van der Waals surface area contributed by atoms with E-state index in [2.05, 4.69) is 0 Å². The van der Waals surface area contributed by atoms with Crippen molar-refractivity contribution in [3.05, 3.63) is 23.5 Å². The van der Waals surface area contributed by atoms with E-state index in [-0.39, 0.29) is 17.2 Å². The number of anilines is 1. The Labute approximate surface area is 118 Å². The molecule has 1 aromatic rings. The van der Waals surface area contributed by atoms with Crippen LogP contribution in [0, 0.1) is 12.7 Å². The van der Waals surface area contributed by atoms with Crippen molar-refractivity contribution in [2.75, 3.05) is 18.9 Å². The molecule has 0 radical (unpaired) electrons. The Bertz CT molecular complexity index is 604. The highest BCUT2D eigenvalue weighted by atomic mass is 32.2. The fourth-order valence-corrected chi connectivity index (χ4v) is 4.47. The van der Waals surface area contributed by atoms with Crippen molar-refractivity contribution in [1.29, 1.82) is 0 Å². The molecule has 0 saturated carbocycles. The summed E-state index contributed by atoms with van der Waals surface area (Å²) in [5.74, 6) is -0.626. The zero-order valence-electron chi connectivity index (χ0n) is 11.3. The normalized spacial score (nSPS) is 21.1. The van der Waals surface area contributed by atoms with E-state index in [1.54, 1.807) is 0 Å². The van der Waals surface area contributed by atoms with E-state index in [9.17, 15) is 17.9 Å². The van der Waals surface area contributed by atoms with Gasteiger partial charge in [0, 0.05) is 12.6 Å². The number of nitrogens with zero attached hydrogens (tertiary/aromatic N) is 1. The maximum atomic E-state index is 13.4. The van der Waals surface area contributed by atoms with Gasteiger partial charge in [-0.15, -0.1) is 0 Å². The predicted molar refractivity (Wildman–Crippen MR) is 74.2 cm³/mol. The van der Waals surface area contributed by atoms with Crippen molar-refractivity contribution in [2.24, 2.45) is 0 Å². The van der Waals surface area contributed by atoms with Crippen LogP contribution >= 0.6 is 0 Å². The first-order valence-electron chi connectivity index (χ1n) is 6.56. The minimum Gasteiger partial charge on any atom is -0.396 e. The number of benzene rings is 1. The van der Waals surface area contributed by atoms with E-state index < -0.39 is 21.9 Å². The molecule has 1 aliphatic rings. The molecule has 3 N–H and O–H groups in total. The standard InChI is InChI=1S/C13H19FN2O3S/c1-9-6-11(14)12(15)7-13(9)20(18,19)16-5-3-2-4-10(16)8-17/h6-7,10,17H,2-5,8,15H2,1H3. The number of piperidine rings is 1. The smallest absolute Gasteiger partial charge is 0.243 e. The van der Waals surface area contributed by atoms with Gasteiger partial charge in [0.15, 0.2) is 0 Å². The molecule has 20 heavy (non-hydrogen) atoms. The Kier molecular flexibility index (Phi) is 4.31. The van der Waals surface area contributed by atoms with Gasteiger partial charge in [-0.1, -0.05) is 6.42 Å². The van der Waals surface area contributed by atoms with Crippen molar-refractivity contribution < 1.29 is 17.9 Å². The molecule has 1 fully saturated rings. The molecule has 1 heterocycles. The monoisotopic (exact) mass is 302 g/mol. The van der Waals surface area contributed by atoms with Crippen molar-refractivity contribution >= 4 is 15.7 Å². The van der Waals surface area contributed by atoms with Crippen LogP contribution in [-0.4, -0.2) is 37.0 Å². The van der Waals surface area contributed by atoms with Crippen LogP contribution in [0.1, 0.15) is 24.8 Å². The summed E-state index contributed by atoms with van der Waals surface area (Å²) in [4.78, 5) is 0.0109. The molecule has 0 aromatic heterocycles. The summed E-state index contributed by atoms with van der Waals surface area (Å²) in [5.41, 5.74) is 5.61. The Hall–Kier alpha value is -1.18. The molecular weight excluding hydrogens is 283 g/mol. The molecule has 0 aliphatic carbocycles. The number of aliphatic hydroxyl groups is 1. The van der Waals surface area contributed by atoms with Crippen molar-refractivity contribution in [3.8, 4) is 0 Å². The quantitative estimate of drug-likeness (QED) is 0.823. The lowest BCUT2D eigenvalue weighted by atomic mass is 10.1. The maximum absolute atomic E-state index is 13.4. The molecule has 2 rings (SSSR count). The molecule has 1 atom stereocenters. The summed E-state index contributed by atoms with van der Waals surface area (Å²) >= 11 is 0. The molecule has 1 unspecified atom stereocenters. The minimum absolute atomic E-state index is 0.0109. The fourth-order valence-electron chi connectivity index (χ4n) is 2.55. The zero-order chi connectivity index (χ0) is 14.9. The summed E-state index contributed by atoms with van der Waals surface area (Å²) in [6, 6.07) is 1.86. The Morgan fingerprint density at radius 2 is 2.15 bits per heavy atom. The summed E-state index contributed by atoms with van der Waals surface area (Å²) < 4.78 is 40.0. The second-order valence-corrected chi connectivity index (χ2v) is 6.95. The zero-order valence-corrected chi connectivity index (χ0v) is 12.2. The molecule has 112 valence electrons. The topological polar surface area (TPSA) is 83.6 Å². The second-order valence-electron chi connectivity index (χ2n) is 5.09. The Morgan fingerprint density at radius 1 is 1.45 bits per heavy atom. The van der Waals surface area contributed by atoms with Gasteiger partial charge in [-0.25, -0.2) is 12.8 Å². The molecule has 0 bridgehead atoms. The average Bonchev–Trinajstić information content (AvgIpc) is 2.42. The van der Waals surface area contributed by atoms with Crippen LogP contribution in [0.2, 0.25) is 0 Å². The largest absolute Gasteiger partial charge is 0.396 e. The van der Waals surface area contributed by atoms with Gasteiger partial charge in [0.05, 0.1) is 17.2 Å². The number of nitrogens with two attached hydrogens (primary N) is 1. The van der Waals surface area contributed by atoms with Crippen LogP contribution in [0.3, 0.4) is 0 Å². The van der Waals surface area contributed by atoms with Gasteiger partial charge in [-0.2, -0.15) is 4.31 Å². The van der Waals surface area contributed by atoms with Gasteiger partial charge >= 0.3 is 0 Å². The average molecular weight is 302 g/mol. The summed E-state index contributed by atoms with van der Waals surface area (Å²) in [6.45, 7) is 1.69. The molecule has 1 aromatic carbocycles. The summed E-state index contributed by atoms with van der Waals surface area (Å²) in [7, 11) is -3.77. The van der Waals surface area contributed by atoms with Crippen LogP contribution in [0.15, 0.2) is 17.0 Å². The first kappa shape index (κ1) is 15.2. The lowest BCUT2D eigenvalue weighted by Crippen LogP contribution is -2.45. The molecular formula is C13H19FN2O3S. The third-order valence-electron chi connectivity index (χ3n) is 3.66. The first-order chi connectivity index (χ1) is 9.37. The van der Waals surface area contributed by atoms with Gasteiger partial charge < -0.3 is 10.8 Å². The molecule has 0 spiro atoms. The van der Waals surface area contributed by atoms with Crippen molar-refractivity contribution in [1.82, 2.24) is 4.31 Å². The Balaban J connectivity index is 2.46. The number of rotatable bonds is 3. The molecule has 1 saturated heterocycles. The highest BCUT2D eigenvalue weighted by Crippen LogP contribution is 2.29. The van der Waals surface area contributed by atoms with Gasteiger partial charge in [0.2, 0.25) is 10.0 Å². The van der Waals surface area contributed by atoms with Crippen LogP contribution in [0.5, 0.6) is 0 Å². The van der Waals surface area contributed by atoms with E-state index in [0.717, 1.165) is 25.0 Å². The summed E-state index contributed by atoms with van der Waals surface area (Å²) in [5, 5.41) is 9.35. The van der Waals surface area contributed by atoms with Crippen LogP contribution in [-0.2, 0) is 10.0 Å². The molecule has 0 amide bonds. The van der Waals surface area contributed by atoms with Crippen molar-refractivity contribution in [3.63, 3.8) is 0 Å². The van der Waals surface area contributed by atoms with Crippen LogP contribution < -0.4 is 5.73 Å². The molecule has 1 aliphatic heterocycles.